The van der Waals surface area contributed by atoms with E-state index in [1.807, 2.05) is 12.1 Å². The zero-order valence-electron chi connectivity index (χ0n) is 32.6. The molecule has 6 rings (SSSR count). The van der Waals surface area contributed by atoms with Crippen LogP contribution in [0.15, 0.2) is 133 Å². The summed E-state index contributed by atoms with van der Waals surface area (Å²) in [6.07, 6.45) is 20.8. The average Bonchev–Trinajstić information content (AvgIpc) is 3.22. The number of fused-ring (bicyclic) bond motifs is 2. The first kappa shape index (κ1) is 39.6. The standard InChI is InChI=1S/C51H58N2O2/c54-44(31-19-9-5-1-3-7-13-29-42-37-50(40-25-15-11-16-26-40)52-48-35-23-21-33-46(42)48)39-45(55)32-20-10-6-2-4-8-14-30-43-38-51(41-27-17-12-18-28-41)53-49-36-24-22-34-47(43)49/h11-12,15-18,21-28,33-39,54H,1-10,13-14,19-20,29-32H2. The van der Waals surface area contributed by atoms with Crippen molar-refractivity contribution >= 4 is 27.6 Å². The van der Waals surface area contributed by atoms with Gasteiger partial charge in [-0.3, -0.25) is 4.79 Å². The summed E-state index contributed by atoms with van der Waals surface area (Å²) in [5.74, 6) is 0.317. The Balaban J connectivity index is 0.781. The van der Waals surface area contributed by atoms with Gasteiger partial charge in [-0.15, -0.1) is 0 Å². The second-order valence-electron chi connectivity index (χ2n) is 15.2. The third-order valence-electron chi connectivity index (χ3n) is 10.8. The minimum Gasteiger partial charge on any atom is -0.512 e. The van der Waals surface area contributed by atoms with E-state index >= 15 is 0 Å². The van der Waals surface area contributed by atoms with Gasteiger partial charge in [-0.05, 0) is 73.9 Å². The van der Waals surface area contributed by atoms with Gasteiger partial charge in [0.15, 0.2) is 5.78 Å². The van der Waals surface area contributed by atoms with Crippen molar-refractivity contribution in [2.45, 2.75) is 116 Å². The predicted octanol–water partition coefficient (Wildman–Crippen LogP) is 14.2. The number of unbranched alkanes of at least 4 members (excludes halogenated alkanes) is 12. The molecule has 0 atom stereocenters. The van der Waals surface area contributed by atoms with Crippen LogP contribution >= 0.6 is 0 Å². The number of rotatable bonds is 23. The van der Waals surface area contributed by atoms with Crippen molar-refractivity contribution in [3.63, 3.8) is 0 Å². The zero-order valence-corrected chi connectivity index (χ0v) is 32.6. The van der Waals surface area contributed by atoms with E-state index in [0.29, 0.717) is 12.8 Å². The lowest BCUT2D eigenvalue weighted by Crippen LogP contribution is -1.96. The molecule has 0 saturated carbocycles. The van der Waals surface area contributed by atoms with E-state index in [9.17, 15) is 9.90 Å². The second-order valence-corrected chi connectivity index (χ2v) is 15.2. The quantitative estimate of drug-likeness (QED) is 0.0405. The molecule has 2 heterocycles. The second kappa shape index (κ2) is 21.7. The molecule has 0 aliphatic rings. The van der Waals surface area contributed by atoms with Gasteiger partial charge in [-0.25, -0.2) is 9.97 Å². The van der Waals surface area contributed by atoms with Gasteiger partial charge in [0.05, 0.1) is 28.2 Å². The fourth-order valence-corrected chi connectivity index (χ4v) is 7.76. The molecule has 2 aromatic heterocycles. The lowest BCUT2D eigenvalue weighted by Gasteiger charge is -2.10. The number of aliphatic hydroxyl groups excluding tert-OH is 1. The van der Waals surface area contributed by atoms with E-state index in [2.05, 4.69) is 109 Å². The lowest BCUT2D eigenvalue weighted by molar-refractivity contribution is -0.114. The lowest BCUT2D eigenvalue weighted by atomic mass is 9.99. The number of carbonyl (C=O) groups excluding carboxylic acids is 1. The molecule has 0 aliphatic carbocycles. The van der Waals surface area contributed by atoms with Crippen LogP contribution < -0.4 is 0 Å². The maximum Gasteiger partial charge on any atom is 0.159 e. The summed E-state index contributed by atoms with van der Waals surface area (Å²) in [4.78, 5) is 22.3. The Kier molecular flexibility index (Phi) is 15.6. The van der Waals surface area contributed by atoms with Crippen molar-refractivity contribution in [3.05, 3.63) is 144 Å². The van der Waals surface area contributed by atoms with Crippen LogP contribution in [0.3, 0.4) is 0 Å². The number of aryl methyl sites for hydroxylation is 2. The number of pyridine rings is 2. The number of ketones is 1. The van der Waals surface area contributed by atoms with Gasteiger partial charge in [-0.1, -0.05) is 161 Å². The first-order valence-electron chi connectivity index (χ1n) is 20.9. The summed E-state index contributed by atoms with van der Waals surface area (Å²) < 4.78 is 0. The van der Waals surface area contributed by atoms with Gasteiger partial charge in [0.1, 0.15) is 0 Å². The summed E-state index contributed by atoms with van der Waals surface area (Å²) >= 11 is 0. The number of nitrogens with zero attached hydrogens (tertiary/aromatic N) is 2. The van der Waals surface area contributed by atoms with Gasteiger partial charge in [0, 0.05) is 40.8 Å². The van der Waals surface area contributed by atoms with Crippen LogP contribution in [0.1, 0.15) is 114 Å². The molecule has 55 heavy (non-hydrogen) atoms. The van der Waals surface area contributed by atoms with Gasteiger partial charge in [0.2, 0.25) is 0 Å². The van der Waals surface area contributed by atoms with E-state index in [1.54, 1.807) is 0 Å². The van der Waals surface area contributed by atoms with Crippen LogP contribution in [0.25, 0.3) is 44.3 Å². The molecule has 0 spiro atoms. The van der Waals surface area contributed by atoms with E-state index in [0.717, 1.165) is 78.5 Å². The van der Waals surface area contributed by atoms with Crippen LogP contribution in [0.5, 0.6) is 0 Å². The first-order chi connectivity index (χ1) is 27.1. The summed E-state index contributed by atoms with van der Waals surface area (Å²) in [7, 11) is 0. The number of benzene rings is 4. The number of aliphatic hydroxyl groups is 1. The minimum absolute atomic E-state index is 0.0646. The molecule has 0 unspecified atom stereocenters. The van der Waals surface area contributed by atoms with Crippen molar-refractivity contribution in [1.82, 2.24) is 9.97 Å². The Morgan fingerprint density at radius 2 is 0.836 bits per heavy atom. The Morgan fingerprint density at radius 3 is 1.31 bits per heavy atom. The summed E-state index contributed by atoms with van der Waals surface area (Å²) in [5.41, 5.74) is 9.34. The average molecular weight is 731 g/mol. The van der Waals surface area contributed by atoms with Gasteiger partial charge in [0.25, 0.3) is 0 Å². The zero-order chi connectivity index (χ0) is 37.9. The molecule has 0 amide bonds. The fraction of sp³-hybridized carbons (Fsp3) is 0.353. The molecule has 4 nitrogen and oxygen atoms in total. The predicted molar refractivity (Wildman–Crippen MR) is 231 cm³/mol. The number of allylic oxidation sites excluding steroid dienone is 2. The highest BCUT2D eigenvalue weighted by molar-refractivity contribution is 5.90. The van der Waals surface area contributed by atoms with Crippen LogP contribution in [0, 0.1) is 0 Å². The molecule has 0 fully saturated rings. The molecular weight excluding hydrogens is 673 g/mol. The van der Waals surface area contributed by atoms with E-state index in [-0.39, 0.29) is 11.5 Å². The smallest absolute Gasteiger partial charge is 0.159 e. The Bertz CT molecular complexity index is 2100. The maximum atomic E-state index is 12.4. The highest BCUT2D eigenvalue weighted by Crippen LogP contribution is 2.28. The molecule has 6 aromatic rings. The number of hydrogen-bond donors (Lipinski definition) is 1. The van der Waals surface area contributed by atoms with Crippen molar-refractivity contribution in [2.24, 2.45) is 0 Å². The fourth-order valence-electron chi connectivity index (χ4n) is 7.76. The normalized spacial score (nSPS) is 11.7. The number of hydrogen-bond acceptors (Lipinski definition) is 4. The SMILES string of the molecule is O=C(C=C(O)CCCCCCCCCc1cc(-c2ccccc2)nc2ccccc12)CCCCCCCCCc1cc(-c2ccccc2)nc2ccccc12. The van der Waals surface area contributed by atoms with Gasteiger partial charge >= 0.3 is 0 Å². The van der Waals surface area contributed by atoms with Crippen LogP contribution in [0.2, 0.25) is 0 Å². The first-order valence-corrected chi connectivity index (χ1v) is 20.9. The largest absolute Gasteiger partial charge is 0.512 e. The number of aromatic nitrogens is 2. The molecule has 4 aromatic carbocycles. The third kappa shape index (κ3) is 12.5. The topological polar surface area (TPSA) is 63.1 Å². The van der Waals surface area contributed by atoms with E-state index in [1.165, 1.54) is 85.8 Å². The Morgan fingerprint density at radius 1 is 0.455 bits per heavy atom. The molecular formula is C51H58N2O2. The van der Waals surface area contributed by atoms with Crippen molar-refractivity contribution < 1.29 is 9.90 Å². The monoisotopic (exact) mass is 730 g/mol. The maximum absolute atomic E-state index is 12.4. The molecule has 1 N–H and O–H groups in total. The Hall–Kier alpha value is -5.09. The number of para-hydroxylation sites is 2. The highest BCUT2D eigenvalue weighted by atomic mass is 16.3. The molecule has 284 valence electrons. The molecule has 4 heteroatoms. The van der Waals surface area contributed by atoms with Crippen LogP contribution in [-0.2, 0) is 17.6 Å². The third-order valence-corrected chi connectivity index (χ3v) is 10.8. The van der Waals surface area contributed by atoms with Crippen molar-refractivity contribution in [2.75, 3.05) is 0 Å². The number of carbonyl (C=O) groups is 1. The summed E-state index contributed by atoms with van der Waals surface area (Å²) in [6.45, 7) is 0. The van der Waals surface area contributed by atoms with E-state index in [4.69, 9.17) is 9.97 Å². The highest BCUT2D eigenvalue weighted by Gasteiger charge is 2.09. The van der Waals surface area contributed by atoms with Gasteiger partial charge < -0.3 is 5.11 Å². The van der Waals surface area contributed by atoms with Gasteiger partial charge in [-0.2, -0.15) is 0 Å². The summed E-state index contributed by atoms with van der Waals surface area (Å²) in [6, 6.07) is 42.4. The van der Waals surface area contributed by atoms with Crippen LogP contribution in [0.4, 0.5) is 0 Å². The molecule has 0 radical (unpaired) electrons. The molecule has 0 saturated heterocycles. The Labute approximate surface area is 328 Å². The van der Waals surface area contributed by atoms with E-state index < -0.39 is 0 Å². The summed E-state index contributed by atoms with van der Waals surface area (Å²) in [5, 5.41) is 12.9. The van der Waals surface area contributed by atoms with Crippen LogP contribution in [-0.4, -0.2) is 20.9 Å². The molecule has 0 aliphatic heterocycles. The minimum atomic E-state index is 0.0646. The van der Waals surface area contributed by atoms with Crippen molar-refractivity contribution in [1.29, 1.82) is 0 Å². The molecule has 0 bridgehead atoms. The van der Waals surface area contributed by atoms with Crippen molar-refractivity contribution in [3.8, 4) is 22.5 Å².